The summed E-state index contributed by atoms with van der Waals surface area (Å²) in [6, 6.07) is 8.52. The number of Topliss-reactive ketones (excluding diaryl/α,β-unsaturated/α-hetero) is 1. The van der Waals surface area contributed by atoms with E-state index in [1.165, 1.54) is 12.8 Å². The van der Waals surface area contributed by atoms with Crippen LogP contribution in [-0.2, 0) is 0 Å². The lowest BCUT2D eigenvalue weighted by atomic mass is 10.0. The zero-order valence-corrected chi connectivity index (χ0v) is 10.8. The van der Waals surface area contributed by atoms with E-state index in [-0.39, 0.29) is 5.78 Å². The summed E-state index contributed by atoms with van der Waals surface area (Å²) in [7, 11) is 0. The van der Waals surface area contributed by atoms with E-state index in [9.17, 15) is 4.79 Å². The third-order valence-corrected chi connectivity index (χ3v) is 3.76. The summed E-state index contributed by atoms with van der Waals surface area (Å²) < 4.78 is 0. The Kier molecular flexibility index (Phi) is 3.95. The highest BCUT2D eigenvalue weighted by Gasteiger charge is 2.20. The third kappa shape index (κ3) is 2.95. The molecule has 92 valence electrons. The third-order valence-electron chi connectivity index (χ3n) is 3.76. The van der Waals surface area contributed by atoms with Crippen LogP contribution in [0.15, 0.2) is 24.3 Å². The van der Waals surface area contributed by atoms with Crippen LogP contribution in [0.25, 0.3) is 0 Å². The number of aryl methyl sites for hydroxylation is 1. The highest BCUT2D eigenvalue weighted by Crippen LogP contribution is 2.17. The molecule has 2 rings (SSSR count). The maximum Gasteiger partial charge on any atom is 0.164 e. The number of nitrogens with zero attached hydrogens (tertiary/aromatic N) is 1. The predicted octanol–water partition coefficient (Wildman–Crippen LogP) is 3.05. The lowest BCUT2D eigenvalue weighted by molar-refractivity contribution is 0.0962. The Bertz CT molecular complexity index is 400. The van der Waals surface area contributed by atoms with Crippen molar-refractivity contribution < 1.29 is 4.79 Å². The molecule has 0 bridgehead atoms. The van der Waals surface area contributed by atoms with Crippen LogP contribution in [-0.4, -0.2) is 29.8 Å². The van der Waals surface area contributed by atoms with E-state index < -0.39 is 0 Å². The number of carbonyl (C=O) groups is 1. The van der Waals surface area contributed by atoms with Gasteiger partial charge >= 0.3 is 0 Å². The van der Waals surface area contributed by atoms with E-state index in [0.717, 1.165) is 24.2 Å². The molecule has 0 aliphatic carbocycles. The van der Waals surface area contributed by atoms with Gasteiger partial charge in [0.05, 0.1) is 0 Å². The van der Waals surface area contributed by atoms with Gasteiger partial charge in [-0.2, -0.15) is 0 Å². The molecule has 1 atom stereocenters. The van der Waals surface area contributed by atoms with Crippen LogP contribution in [0.3, 0.4) is 0 Å². The molecule has 1 unspecified atom stereocenters. The zero-order chi connectivity index (χ0) is 12.3. The largest absolute Gasteiger partial charge is 0.300 e. The van der Waals surface area contributed by atoms with Crippen LogP contribution >= 0.6 is 0 Å². The summed E-state index contributed by atoms with van der Waals surface area (Å²) in [4.78, 5) is 14.5. The second-order valence-electron chi connectivity index (χ2n) is 5.02. The van der Waals surface area contributed by atoms with Gasteiger partial charge in [0, 0.05) is 24.6 Å². The molecule has 1 fully saturated rings. The summed E-state index contributed by atoms with van der Waals surface area (Å²) in [5.74, 6) is 0.280. The second kappa shape index (κ2) is 5.46. The quantitative estimate of drug-likeness (QED) is 0.742. The fourth-order valence-corrected chi connectivity index (χ4v) is 2.59. The van der Waals surface area contributed by atoms with Crippen molar-refractivity contribution in [3.05, 3.63) is 35.4 Å². The van der Waals surface area contributed by atoms with Gasteiger partial charge in [-0.3, -0.25) is 4.79 Å². The Labute approximate surface area is 104 Å². The van der Waals surface area contributed by atoms with E-state index in [1.54, 1.807) is 0 Å². The van der Waals surface area contributed by atoms with Crippen molar-refractivity contribution in [1.82, 2.24) is 4.90 Å². The number of ketones is 1. The molecule has 0 aromatic heterocycles. The molecule has 0 saturated carbocycles. The molecule has 0 radical (unpaired) electrons. The van der Waals surface area contributed by atoms with Crippen molar-refractivity contribution in [2.75, 3.05) is 13.1 Å². The minimum absolute atomic E-state index is 0.280. The molecule has 1 saturated heterocycles. The Morgan fingerprint density at radius 1 is 1.41 bits per heavy atom. The zero-order valence-electron chi connectivity index (χ0n) is 10.8. The first-order valence-corrected chi connectivity index (χ1v) is 6.51. The van der Waals surface area contributed by atoms with Gasteiger partial charge in [-0.1, -0.05) is 24.3 Å². The van der Waals surface area contributed by atoms with Crippen molar-refractivity contribution in [3.63, 3.8) is 0 Å². The minimum Gasteiger partial charge on any atom is -0.300 e. The Morgan fingerprint density at radius 2 is 2.18 bits per heavy atom. The summed E-state index contributed by atoms with van der Waals surface area (Å²) in [5, 5.41) is 0. The SMILES string of the molecule is Cc1ccccc1C(=O)CCN1CCCC1C. The molecule has 0 N–H and O–H groups in total. The van der Waals surface area contributed by atoms with Crippen LogP contribution in [0.5, 0.6) is 0 Å². The van der Waals surface area contributed by atoms with E-state index in [2.05, 4.69) is 11.8 Å². The van der Waals surface area contributed by atoms with Crippen molar-refractivity contribution in [2.45, 2.75) is 39.2 Å². The lowest BCUT2D eigenvalue weighted by Crippen LogP contribution is -2.29. The molecule has 17 heavy (non-hydrogen) atoms. The topological polar surface area (TPSA) is 20.3 Å². The predicted molar refractivity (Wildman–Crippen MR) is 70.4 cm³/mol. The highest BCUT2D eigenvalue weighted by molar-refractivity contribution is 5.97. The monoisotopic (exact) mass is 231 g/mol. The first-order chi connectivity index (χ1) is 8.18. The molecule has 2 heteroatoms. The number of hydrogen-bond acceptors (Lipinski definition) is 2. The Balaban J connectivity index is 1.91. The Hall–Kier alpha value is -1.15. The van der Waals surface area contributed by atoms with Gasteiger partial charge in [0.25, 0.3) is 0 Å². The fourth-order valence-electron chi connectivity index (χ4n) is 2.59. The van der Waals surface area contributed by atoms with E-state index in [0.29, 0.717) is 12.5 Å². The van der Waals surface area contributed by atoms with Crippen LogP contribution < -0.4 is 0 Å². The highest BCUT2D eigenvalue weighted by atomic mass is 16.1. The summed E-state index contributed by atoms with van der Waals surface area (Å²) in [6.45, 7) is 6.33. The molecule has 0 spiro atoms. The average Bonchev–Trinajstić information content (AvgIpc) is 2.72. The Morgan fingerprint density at radius 3 is 2.82 bits per heavy atom. The maximum atomic E-state index is 12.1. The lowest BCUT2D eigenvalue weighted by Gasteiger charge is -2.20. The number of carbonyl (C=O) groups excluding carboxylic acids is 1. The smallest absolute Gasteiger partial charge is 0.164 e. The first kappa shape index (κ1) is 12.3. The molecule has 1 aliphatic heterocycles. The van der Waals surface area contributed by atoms with Gasteiger partial charge in [0.1, 0.15) is 0 Å². The van der Waals surface area contributed by atoms with Gasteiger partial charge in [-0.15, -0.1) is 0 Å². The van der Waals surface area contributed by atoms with Crippen LogP contribution in [0.2, 0.25) is 0 Å². The van der Waals surface area contributed by atoms with E-state index in [4.69, 9.17) is 0 Å². The van der Waals surface area contributed by atoms with E-state index in [1.807, 2.05) is 31.2 Å². The van der Waals surface area contributed by atoms with Crippen molar-refractivity contribution in [3.8, 4) is 0 Å². The molecule has 1 aliphatic rings. The van der Waals surface area contributed by atoms with Crippen molar-refractivity contribution >= 4 is 5.78 Å². The maximum absolute atomic E-state index is 12.1. The molecule has 1 aromatic rings. The molecule has 0 amide bonds. The first-order valence-electron chi connectivity index (χ1n) is 6.51. The number of hydrogen-bond donors (Lipinski definition) is 0. The van der Waals surface area contributed by atoms with Crippen LogP contribution in [0.4, 0.5) is 0 Å². The summed E-state index contributed by atoms with van der Waals surface area (Å²) in [5.41, 5.74) is 1.98. The van der Waals surface area contributed by atoms with Crippen LogP contribution in [0, 0.1) is 6.92 Å². The van der Waals surface area contributed by atoms with Gasteiger partial charge in [-0.25, -0.2) is 0 Å². The standard InChI is InChI=1S/C15H21NO/c1-12-6-3-4-8-14(12)15(17)9-11-16-10-5-7-13(16)2/h3-4,6,8,13H,5,7,9-11H2,1-2H3. The number of rotatable bonds is 4. The number of benzene rings is 1. The van der Waals surface area contributed by atoms with Crippen molar-refractivity contribution in [2.24, 2.45) is 0 Å². The molecule has 1 aromatic carbocycles. The molecular formula is C15H21NO. The summed E-state index contributed by atoms with van der Waals surface area (Å²) >= 11 is 0. The normalized spacial score (nSPS) is 20.7. The van der Waals surface area contributed by atoms with Gasteiger partial charge in [0.2, 0.25) is 0 Å². The number of likely N-dealkylation sites (tertiary alicyclic amines) is 1. The van der Waals surface area contributed by atoms with Gasteiger partial charge in [-0.05, 0) is 38.8 Å². The van der Waals surface area contributed by atoms with Gasteiger partial charge in [0.15, 0.2) is 5.78 Å². The van der Waals surface area contributed by atoms with E-state index >= 15 is 0 Å². The van der Waals surface area contributed by atoms with Crippen molar-refractivity contribution in [1.29, 1.82) is 0 Å². The molecule has 1 heterocycles. The molecular weight excluding hydrogens is 210 g/mol. The average molecular weight is 231 g/mol. The second-order valence-corrected chi connectivity index (χ2v) is 5.02. The van der Waals surface area contributed by atoms with Gasteiger partial charge < -0.3 is 4.90 Å². The van der Waals surface area contributed by atoms with Crippen LogP contribution in [0.1, 0.15) is 42.1 Å². The fraction of sp³-hybridized carbons (Fsp3) is 0.533. The summed E-state index contributed by atoms with van der Waals surface area (Å²) in [6.07, 6.45) is 3.20. The minimum atomic E-state index is 0.280. The molecule has 2 nitrogen and oxygen atoms in total.